The largest absolute Gasteiger partial charge is 0.426 e. The van der Waals surface area contributed by atoms with Gasteiger partial charge in [-0.2, -0.15) is 39.0 Å². The second-order valence-electron chi connectivity index (χ2n) is 3.35. The Morgan fingerprint density at radius 2 is 1.40 bits per heavy atom. The quantitative estimate of drug-likeness (QED) is 0.587. The van der Waals surface area contributed by atoms with Gasteiger partial charge in [-0.3, -0.25) is 0 Å². The molecule has 0 bridgehead atoms. The maximum Gasteiger partial charge on any atom is 0.426 e. The van der Waals surface area contributed by atoms with E-state index in [9.17, 15) is 26.3 Å². The highest BCUT2D eigenvalue weighted by Gasteiger charge is 2.70. The average molecular weight is 256 g/mol. The molecule has 0 aromatic heterocycles. The highest BCUT2D eigenvalue weighted by atomic mass is 32.1. The predicted molar refractivity (Wildman–Crippen MR) is 44.7 cm³/mol. The second kappa shape index (κ2) is 4.40. The highest BCUT2D eigenvalue weighted by Crippen LogP contribution is 2.46. The first-order valence-corrected chi connectivity index (χ1v) is 4.55. The van der Waals surface area contributed by atoms with Crippen molar-refractivity contribution >= 4 is 12.6 Å². The van der Waals surface area contributed by atoms with Gasteiger partial charge in [0.05, 0.1) is 0 Å². The molecule has 0 aliphatic carbocycles. The number of alkyl halides is 6. The fourth-order valence-electron chi connectivity index (χ4n) is 0.961. The van der Waals surface area contributed by atoms with Crippen molar-refractivity contribution in [2.24, 2.45) is 5.92 Å². The predicted octanol–water partition coefficient (Wildman–Crippen LogP) is 2.80. The maximum atomic E-state index is 12.1. The van der Waals surface area contributed by atoms with Gasteiger partial charge in [0.1, 0.15) is 0 Å². The first kappa shape index (κ1) is 14.9. The lowest BCUT2D eigenvalue weighted by Crippen LogP contribution is -2.57. The van der Waals surface area contributed by atoms with Crippen LogP contribution >= 0.6 is 12.6 Å². The summed E-state index contributed by atoms with van der Waals surface area (Å²) in [5.41, 5.74) is -4.65. The van der Waals surface area contributed by atoms with E-state index in [-0.39, 0.29) is 5.75 Å². The Bertz CT molecular complexity index is 197. The average Bonchev–Trinajstić information content (AvgIpc) is 1.99. The van der Waals surface area contributed by atoms with E-state index in [1.165, 1.54) is 0 Å². The van der Waals surface area contributed by atoms with Crippen LogP contribution in [0.3, 0.4) is 0 Å². The topological polar surface area (TPSA) is 20.2 Å². The Kier molecular flexibility index (Phi) is 4.37. The van der Waals surface area contributed by atoms with Crippen LogP contribution in [0.25, 0.3) is 0 Å². The molecule has 0 aliphatic heterocycles. The summed E-state index contributed by atoms with van der Waals surface area (Å²) in [5.74, 6) is -1.17. The Labute approximate surface area is 87.9 Å². The summed E-state index contributed by atoms with van der Waals surface area (Å²) in [7, 11) is 0. The number of aliphatic hydroxyl groups is 1. The Morgan fingerprint density at radius 1 is 1.07 bits per heavy atom. The molecule has 0 fully saturated rings. The molecule has 0 heterocycles. The van der Waals surface area contributed by atoms with Gasteiger partial charge in [0.25, 0.3) is 5.60 Å². The van der Waals surface area contributed by atoms with Crippen LogP contribution in [0.2, 0.25) is 0 Å². The molecular formula is C7H10F6OS. The fraction of sp³-hybridized carbons (Fsp3) is 1.00. The molecule has 0 saturated heterocycles. The summed E-state index contributed by atoms with van der Waals surface area (Å²) in [5, 5.41) is 8.70. The molecular weight excluding hydrogens is 246 g/mol. The number of hydrogen-bond donors (Lipinski definition) is 2. The first-order valence-electron chi connectivity index (χ1n) is 3.92. The van der Waals surface area contributed by atoms with E-state index in [1.807, 2.05) is 0 Å². The van der Waals surface area contributed by atoms with E-state index in [0.717, 1.165) is 6.92 Å². The van der Waals surface area contributed by atoms with Crippen molar-refractivity contribution in [3.63, 3.8) is 0 Å². The van der Waals surface area contributed by atoms with Gasteiger partial charge in [-0.05, 0) is 18.1 Å². The normalized spacial score (nSPS) is 16.6. The summed E-state index contributed by atoms with van der Waals surface area (Å²) < 4.78 is 72.6. The molecule has 1 N–H and O–H groups in total. The summed E-state index contributed by atoms with van der Waals surface area (Å²) in [6.07, 6.45) is -12.9. The molecule has 92 valence electrons. The third kappa shape index (κ3) is 3.17. The minimum absolute atomic E-state index is 0.172. The highest BCUT2D eigenvalue weighted by molar-refractivity contribution is 7.80. The van der Waals surface area contributed by atoms with Gasteiger partial charge < -0.3 is 5.11 Å². The third-order valence-electron chi connectivity index (χ3n) is 1.89. The molecule has 0 spiro atoms. The number of hydrogen-bond acceptors (Lipinski definition) is 2. The van der Waals surface area contributed by atoms with Crippen LogP contribution in [0.15, 0.2) is 0 Å². The van der Waals surface area contributed by atoms with E-state index in [2.05, 4.69) is 12.6 Å². The van der Waals surface area contributed by atoms with E-state index in [0.29, 0.717) is 0 Å². The van der Waals surface area contributed by atoms with Crippen LogP contribution in [-0.2, 0) is 0 Å². The fourth-order valence-corrected chi connectivity index (χ4v) is 1.09. The Hall–Kier alpha value is -0.110. The number of thiol groups is 1. The maximum absolute atomic E-state index is 12.1. The molecule has 8 heteroatoms. The SMILES string of the molecule is CC(CS)CC(O)(C(F)(F)F)C(F)(F)F. The van der Waals surface area contributed by atoms with Crippen LogP contribution < -0.4 is 0 Å². The minimum Gasteiger partial charge on any atom is -0.374 e. The van der Waals surface area contributed by atoms with Crippen molar-refractivity contribution in [1.29, 1.82) is 0 Å². The molecule has 1 atom stereocenters. The van der Waals surface area contributed by atoms with Crippen LogP contribution in [-0.4, -0.2) is 28.8 Å². The van der Waals surface area contributed by atoms with Crippen LogP contribution in [0.4, 0.5) is 26.3 Å². The number of halogens is 6. The van der Waals surface area contributed by atoms with Crippen molar-refractivity contribution in [2.45, 2.75) is 31.3 Å². The molecule has 1 nitrogen and oxygen atoms in total. The molecule has 0 rings (SSSR count). The molecule has 0 aromatic rings. The molecule has 1 unspecified atom stereocenters. The van der Waals surface area contributed by atoms with Crippen molar-refractivity contribution in [3.05, 3.63) is 0 Å². The van der Waals surface area contributed by atoms with Gasteiger partial charge in [0.2, 0.25) is 0 Å². The third-order valence-corrected chi connectivity index (χ3v) is 2.52. The van der Waals surface area contributed by atoms with Crippen molar-refractivity contribution in [3.8, 4) is 0 Å². The molecule has 0 saturated carbocycles. The molecule has 0 aromatic carbocycles. The summed E-state index contributed by atoms with van der Waals surface area (Å²) in [6.45, 7) is 1.15. The monoisotopic (exact) mass is 256 g/mol. The lowest BCUT2D eigenvalue weighted by Gasteiger charge is -2.33. The Balaban J connectivity index is 5.06. The smallest absolute Gasteiger partial charge is 0.374 e. The zero-order chi connectivity index (χ0) is 12.5. The van der Waals surface area contributed by atoms with Gasteiger partial charge in [0.15, 0.2) is 0 Å². The van der Waals surface area contributed by atoms with E-state index in [1.54, 1.807) is 0 Å². The van der Waals surface area contributed by atoms with Gasteiger partial charge in [-0.1, -0.05) is 6.92 Å². The van der Waals surface area contributed by atoms with E-state index in [4.69, 9.17) is 5.11 Å². The second-order valence-corrected chi connectivity index (χ2v) is 3.71. The van der Waals surface area contributed by atoms with Crippen molar-refractivity contribution < 1.29 is 31.4 Å². The van der Waals surface area contributed by atoms with Gasteiger partial charge in [-0.25, -0.2) is 0 Å². The first-order chi connectivity index (χ1) is 6.45. The zero-order valence-corrected chi connectivity index (χ0v) is 8.55. The molecule has 0 amide bonds. The van der Waals surface area contributed by atoms with Gasteiger partial charge >= 0.3 is 12.4 Å². The summed E-state index contributed by atoms with van der Waals surface area (Å²) in [6, 6.07) is 0. The standard InChI is InChI=1S/C7H10F6OS/c1-4(3-15)2-5(14,6(8,9)10)7(11,12)13/h4,14-15H,2-3H2,1H3. The van der Waals surface area contributed by atoms with Gasteiger partial charge in [-0.15, -0.1) is 0 Å². The van der Waals surface area contributed by atoms with E-state index < -0.39 is 30.3 Å². The zero-order valence-electron chi connectivity index (χ0n) is 7.65. The van der Waals surface area contributed by atoms with Crippen LogP contribution in [0, 0.1) is 5.92 Å². The Morgan fingerprint density at radius 3 is 1.60 bits per heavy atom. The molecule has 0 radical (unpaired) electrons. The van der Waals surface area contributed by atoms with Crippen molar-refractivity contribution in [1.82, 2.24) is 0 Å². The lowest BCUT2D eigenvalue weighted by molar-refractivity contribution is -0.372. The summed E-state index contributed by atoms with van der Waals surface area (Å²) in [4.78, 5) is 0. The van der Waals surface area contributed by atoms with Crippen LogP contribution in [0.1, 0.15) is 13.3 Å². The van der Waals surface area contributed by atoms with Gasteiger partial charge in [0, 0.05) is 0 Å². The van der Waals surface area contributed by atoms with Crippen molar-refractivity contribution in [2.75, 3.05) is 5.75 Å². The summed E-state index contributed by atoms with van der Waals surface area (Å²) >= 11 is 3.57. The molecule has 0 aliphatic rings. The lowest BCUT2D eigenvalue weighted by atomic mass is 9.91. The molecule has 15 heavy (non-hydrogen) atoms. The van der Waals surface area contributed by atoms with E-state index >= 15 is 0 Å². The van der Waals surface area contributed by atoms with Crippen LogP contribution in [0.5, 0.6) is 0 Å². The minimum atomic E-state index is -5.73. The number of rotatable bonds is 3.